The lowest BCUT2D eigenvalue weighted by Crippen LogP contribution is -2.54. The Morgan fingerprint density at radius 2 is 1.81 bits per heavy atom. The number of aliphatic hydroxyl groups is 1. The van der Waals surface area contributed by atoms with E-state index in [9.17, 15) is 9.90 Å². The minimum Gasteiger partial charge on any atom is -0.390 e. The number of hydrogen-bond acceptors (Lipinski definition) is 6. The van der Waals surface area contributed by atoms with Crippen molar-refractivity contribution in [2.24, 2.45) is 11.8 Å². The zero-order chi connectivity index (χ0) is 30.3. The van der Waals surface area contributed by atoms with Crippen LogP contribution in [0.3, 0.4) is 0 Å². The first kappa shape index (κ1) is 32.9. The van der Waals surface area contributed by atoms with Gasteiger partial charge < -0.3 is 30.1 Å². The summed E-state index contributed by atoms with van der Waals surface area (Å²) >= 11 is 0. The second-order valence-electron chi connectivity index (χ2n) is 12.2. The van der Waals surface area contributed by atoms with Crippen molar-refractivity contribution in [2.45, 2.75) is 82.6 Å². The molecule has 4 atom stereocenters. The maximum atomic E-state index is 13.7. The highest BCUT2D eigenvalue weighted by molar-refractivity contribution is 5.74. The Morgan fingerprint density at radius 1 is 1.05 bits per heavy atom. The third-order valence-corrected chi connectivity index (χ3v) is 8.94. The molecule has 8 nitrogen and oxygen atoms in total. The average molecular weight is 591 g/mol. The van der Waals surface area contributed by atoms with Crippen LogP contribution in [0.1, 0.15) is 80.6 Å². The molecule has 2 aliphatic rings. The van der Waals surface area contributed by atoms with Crippen LogP contribution in [0.15, 0.2) is 54.6 Å². The Kier molecular flexibility index (Phi) is 13.8. The van der Waals surface area contributed by atoms with Crippen LogP contribution in [0, 0.1) is 23.2 Å². The number of ether oxygens (including phenoxy) is 2. The largest absolute Gasteiger partial charge is 0.390 e. The van der Waals surface area contributed by atoms with Crippen molar-refractivity contribution in [3.8, 4) is 6.07 Å². The van der Waals surface area contributed by atoms with E-state index >= 15 is 0 Å². The van der Waals surface area contributed by atoms with Crippen LogP contribution in [-0.4, -0.2) is 68.1 Å². The Labute approximate surface area is 257 Å². The maximum absolute atomic E-state index is 13.7. The number of rotatable bonds is 15. The second kappa shape index (κ2) is 18.0. The number of carbonyl (C=O) groups excluding carboxylic acids is 1. The molecule has 1 saturated carbocycles. The summed E-state index contributed by atoms with van der Waals surface area (Å²) in [5, 5.41) is 27.0. The summed E-state index contributed by atoms with van der Waals surface area (Å²) in [4.78, 5) is 15.6. The van der Waals surface area contributed by atoms with Gasteiger partial charge in [-0.2, -0.15) is 5.26 Å². The standard InChI is InChI=1S/C35H50N4O4/c1-42-20-9-21-43-34(30-12-6-3-7-13-30)31-14-8-19-39(26-31)35(41)38-32(22-27-10-4-2-5-11-27)33(40)25-37-24-29-17-15-28(23-36)16-18-29/h3,6-7,12-13,15-18,27,31-34,37,40H,2,4-5,8-11,14,19-22,24-26H2,1H3,(H,38,41). The number of methoxy groups -OCH3 is 1. The molecule has 2 fully saturated rings. The van der Waals surface area contributed by atoms with Gasteiger partial charge in [0.15, 0.2) is 0 Å². The summed E-state index contributed by atoms with van der Waals surface area (Å²) in [5.41, 5.74) is 2.83. The summed E-state index contributed by atoms with van der Waals surface area (Å²) in [6, 6.07) is 19.5. The molecule has 1 heterocycles. The zero-order valence-corrected chi connectivity index (χ0v) is 25.8. The van der Waals surface area contributed by atoms with Crippen LogP contribution in [0.5, 0.6) is 0 Å². The highest BCUT2D eigenvalue weighted by atomic mass is 16.5. The van der Waals surface area contributed by atoms with Crippen molar-refractivity contribution in [3.05, 3.63) is 71.3 Å². The van der Waals surface area contributed by atoms with E-state index in [4.69, 9.17) is 14.7 Å². The molecular weight excluding hydrogens is 540 g/mol. The van der Waals surface area contributed by atoms with Crippen LogP contribution in [0.25, 0.3) is 0 Å². The van der Waals surface area contributed by atoms with Gasteiger partial charge in [-0.15, -0.1) is 0 Å². The number of hydrogen-bond donors (Lipinski definition) is 3. The number of urea groups is 1. The fraction of sp³-hybridized carbons (Fsp3) is 0.600. The lowest BCUT2D eigenvalue weighted by Gasteiger charge is -2.38. The van der Waals surface area contributed by atoms with Crippen molar-refractivity contribution in [1.29, 1.82) is 5.26 Å². The Hall–Kier alpha value is -2.96. The monoisotopic (exact) mass is 590 g/mol. The number of aliphatic hydroxyl groups excluding tert-OH is 1. The third-order valence-electron chi connectivity index (χ3n) is 8.94. The van der Waals surface area contributed by atoms with Gasteiger partial charge in [-0.05, 0) is 54.9 Å². The molecular formula is C35H50N4O4. The molecule has 4 rings (SSSR count). The molecule has 2 amide bonds. The van der Waals surface area contributed by atoms with Crippen LogP contribution in [0.2, 0.25) is 0 Å². The highest BCUT2D eigenvalue weighted by Gasteiger charge is 2.33. The van der Waals surface area contributed by atoms with E-state index in [1.165, 1.54) is 19.3 Å². The highest BCUT2D eigenvalue weighted by Crippen LogP contribution is 2.33. The van der Waals surface area contributed by atoms with Gasteiger partial charge in [0.25, 0.3) is 0 Å². The van der Waals surface area contributed by atoms with Crippen molar-refractivity contribution in [3.63, 3.8) is 0 Å². The van der Waals surface area contributed by atoms with E-state index in [1.54, 1.807) is 19.2 Å². The molecule has 1 aliphatic heterocycles. The van der Waals surface area contributed by atoms with Crippen LogP contribution in [0.4, 0.5) is 4.79 Å². The number of nitriles is 1. The normalized spacial score (nSPS) is 19.7. The number of benzene rings is 2. The minimum absolute atomic E-state index is 0.0799. The first-order valence-corrected chi connectivity index (χ1v) is 16.2. The van der Waals surface area contributed by atoms with Gasteiger partial charge in [0.05, 0.1) is 29.9 Å². The maximum Gasteiger partial charge on any atom is 0.317 e. The number of likely N-dealkylation sites (tertiary alicyclic amines) is 1. The van der Waals surface area contributed by atoms with Crippen molar-refractivity contribution >= 4 is 6.03 Å². The van der Waals surface area contributed by atoms with E-state index < -0.39 is 6.10 Å². The minimum atomic E-state index is -0.703. The molecule has 234 valence electrons. The summed E-state index contributed by atoms with van der Waals surface area (Å²) in [6.07, 6.45) is 8.78. The number of nitrogens with one attached hydrogen (secondary N) is 2. The van der Waals surface area contributed by atoms with Crippen LogP contribution >= 0.6 is 0 Å². The van der Waals surface area contributed by atoms with Gasteiger partial charge in [0, 0.05) is 52.4 Å². The quantitative estimate of drug-likeness (QED) is 0.235. The van der Waals surface area contributed by atoms with E-state index in [1.807, 2.05) is 35.2 Å². The Bertz CT molecular complexity index is 1120. The summed E-state index contributed by atoms with van der Waals surface area (Å²) < 4.78 is 11.6. The smallest absolute Gasteiger partial charge is 0.317 e. The molecule has 2 aromatic rings. The van der Waals surface area contributed by atoms with E-state index in [0.717, 1.165) is 49.7 Å². The van der Waals surface area contributed by atoms with Crippen molar-refractivity contribution in [2.75, 3.05) is 40.0 Å². The van der Waals surface area contributed by atoms with Gasteiger partial charge in [-0.3, -0.25) is 0 Å². The lowest BCUT2D eigenvalue weighted by molar-refractivity contribution is -0.0171. The van der Waals surface area contributed by atoms with E-state index in [2.05, 4.69) is 28.8 Å². The van der Waals surface area contributed by atoms with Gasteiger partial charge in [-0.1, -0.05) is 74.6 Å². The predicted molar refractivity (Wildman–Crippen MR) is 168 cm³/mol. The van der Waals surface area contributed by atoms with Crippen LogP contribution < -0.4 is 10.6 Å². The lowest BCUT2D eigenvalue weighted by atomic mass is 9.83. The number of piperidine rings is 1. The van der Waals surface area contributed by atoms with Gasteiger partial charge >= 0.3 is 6.03 Å². The number of carbonyl (C=O) groups is 1. The van der Waals surface area contributed by atoms with Crippen molar-refractivity contribution in [1.82, 2.24) is 15.5 Å². The van der Waals surface area contributed by atoms with E-state index in [-0.39, 0.29) is 24.1 Å². The molecule has 2 aromatic carbocycles. The fourth-order valence-electron chi connectivity index (χ4n) is 6.55. The van der Waals surface area contributed by atoms with Crippen LogP contribution in [-0.2, 0) is 16.0 Å². The topological polar surface area (TPSA) is 107 Å². The molecule has 0 spiro atoms. The second-order valence-corrected chi connectivity index (χ2v) is 12.2. The molecule has 4 unspecified atom stereocenters. The van der Waals surface area contributed by atoms with Gasteiger partial charge in [-0.25, -0.2) is 4.79 Å². The third kappa shape index (κ3) is 10.6. The van der Waals surface area contributed by atoms with Crippen molar-refractivity contribution < 1.29 is 19.4 Å². The zero-order valence-electron chi connectivity index (χ0n) is 25.8. The molecule has 43 heavy (non-hydrogen) atoms. The summed E-state index contributed by atoms with van der Waals surface area (Å²) in [5.74, 6) is 0.713. The molecule has 3 N–H and O–H groups in total. The molecule has 0 aromatic heterocycles. The Balaban J connectivity index is 1.37. The Morgan fingerprint density at radius 3 is 2.53 bits per heavy atom. The number of nitrogens with zero attached hydrogens (tertiary/aromatic N) is 2. The molecule has 1 aliphatic carbocycles. The summed E-state index contributed by atoms with van der Waals surface area (Å²) in [6.45, 7) is 3.57. The number of amides is 2. The SMILES string of the molecule is COCCCOC(c1ccccc1)C1CCCN(C(=O)NC(CC2CCCCC2)C(O)CNCc2ccc(C#N)cc2)C1. The summed E-state index contributed by atoms with van der Waals surface area (Å²) in [7, 11) is 1.70. The molecule has 0 radical (unpaired) electrons. The molecule has 8 heteroatoms. The first-order chi connectivity index (χ1) is 21.1. The fourth-order valence-corrected chi connectivity index (χ4v) is 6.55. The van der Waals surface area contributed by atoms with Gasteiger partial charge in [0.1, 0.15) is 0 Å². The molecule has 1 saturated heterocycles. The predicted octanol–water partition coefficient (Wildman–Crippen LogP) is 5.56. The molecule has 0 bridgehead atoms. The van der Waals surface area contributed by atoms with E-state index in [0.29, 0.717) is 50.9 Å². The van der Waals surface area contributed by atoms with Gasteiger partial charge in [0.2, 0.25) is 0 Å². The first-order valence-electron chi connectivity index (χ1n) is 16.2. The average Bonchev–Trinajstić information content (AvgIpc) is 3.05.